The summed E-state index contributed by atoms with van der Waals surface area (Å²) in [5.41, 5.74) is 5.55. The van der Waals surface area contributed by atoms with Crippen molar-refractivity contribution in [1.29, 1.82) is 0 Å². The van der Waals surface area contributed by atoms with Crippen LogP contribution in [0.2, 0.25) is 0 Å². The van der Waals surface area contributed by atoms with E-state index in [0.717, 1.165) is 12.8 Å². The van der Waals surface area contributed by atoms with Gasteiger partial charge in [-0.25, -0.2) is 8.42 Å². The second-order valence-electron chi connectivity index (χ2n) is 3.90. The van der Waals surface area contributed by atoms with Gasteiger partial charge >= 0.3 is 0 Å². The molecule has 1 unspecified atom stereocenters. The van der Waals surface area contributed by atoms with E-state index in [4.69, 9.17) is 5.73 Å². The molecule has 0 fully saturated rings. The van der Waals surface area contributed by atoms with Crippen LogP contribution in [0.3, 0.4) is 0 Å². The molecule has 0 rings (SSSR count). The Morgan fingerprint density at radius 3 is 2.25 bits per heavy atom. The van der Waals surface area contributed by atoms with Gasteiger partial charge in [0, 0.05) is 0 Å². The Labute approximate surface area is 76.3 Å². The van der Waals surface area contributed by atoms with Crippen LogP contribution < -0.4 is 5.73 Å². The maximum Gasteiger partial charge on any atom is 0.158 e. The topological polar surface area (TPSA) is 60.2 Å². The number of rotatable bonds is 5. The maximum absolute atomic E-state index is 10.6. The summed E-state index contributed by atoms with van der Waals surface area (Å²) in [6, 6.07) is 0. The summed E-state index contributed by atoms with van der Waals surface area (Å²) in [6.07, 6.45) is 2.48. The van der Waals surface area contributed by atoms with Gasteiger partial charge in [-0.1, -0.05) is 26.7 Å². The Bertz CT molecular complexity index is 189. The zero-order valence-corrected chi connectivity index (χ0v) is 8.93. The molecule has 0 aliphatic heterocycles. The van der Waals surface area contributed by atoms with Crippen molar-refractivity contribution in [2.24, 2.45) is 11.7 Å². The second kappa shape index (κ2) is 4.82. The van der Waals surface area contributed by atoms with E-state index in [-0.39, 0.29) is 0 Å². The number of hydrogen-bond acceptors (Lipinski definition) is 3. The molecule has 0 spiro atoms. The lowest BCUT2D eigenvalue weighted by molar-refractivity contribution is 0.472. The average Bonchev–Trinajstić information content (AvgIpc) is 1.85. The van der Waals surface area contributed by atoms with Crippen LogP contribution in [0.5, 0.6) is 0 Å². The van der Waals surface area contributed by atoms with E-state index in [2.05, 4.69) is 13.8 Å². The van der Waals surface area contributed by atoms with Crippen LogP contribution in [0.1, 0.15) is 40.0 Å². The molecule has 3 nitrogen and oxygen atoms in total. The second-order valence-corrected chi connectivity index (χ2v) is 5.44. The van der Waals surface area contributed by atoms with E-state index in [1.54, 1.807) is 6.92 Å². The summed E-state index contributed by atoms with van der Waals surface area (Å²) in [5, 5.41) is 0. The minimum atomic E-state index is -2.50. The molecule has 0 aliphatic rings. The zero-order chi connectivity index (χ0) is 9.78. The summed E-state index contributed by atoms with van der Waals surface area (Å²) in [4.78, 5) is -1.01. The van der Waals surface area contributed by atoms with Crippen molar-refractivity contribution >= 4 is 10.7 Å². The molecule has 0 aromatic carbocycles. The quantitative estimate of drug-likeness (QED) is 0.643. The van der Waals surface area contributed by atoms with Crippen molar-refractivity contribution in [3.8, 4) is 0 Å². The molecule has 0 aliphatic carbocycles. The van der Waals surface area contributed by atoms with Gasteiger partial charge in [0.1, 0.15) is 4.87 Å². The third-order valence-corrected chi connectivity index (χ3v) is 2.94. The SMILES string of the molecule is CC(C)CCCC(C)(N)[SH](=O)=O. The van der Waals surface area contributed by atoms with Gasteiger partial charge in [0.05, 0.1) is 0 Å². The molecule has 0 radical (unpaired) electrons. The molecule has 74 valence electrons. The van der Waals surface area contributed by atoms with Crippen molar-refractivity contribution in [3.05, 3.63) is 0 Å². The van der Waals surface area contributed by atoms with Gasteiger partial charge in [0.2, 0.25) is 0 Å². The fraction of sp³-hybridized carbons (Fsp3) is 1.00. The highest BCUT2D eigenvalue weighted by Gasteiger charge is 2.21. The summed E-state index contributed by atoms with van der Waals surface area (Å²) in [6.45, 7) is 5.80. The molecule has 0 aromatic rings. The fourth-order valence-corrected chi connectivity index (χ4v) is 1.30. The number of hydrogen-bond donors (Lipinski definition) is 2. The minimum absolute atomic E-state index is 0.559. The summed E-state index contributed by atoms with van der Waals surface area (Å²) in [7, 11) is -2.50. The smallest absolute Gasteiger partial charge is 0.158 e. The predicted octanol–water partition coefficient (Wildman–Crippen LogP) is 1.10. The summed E-state index contributed by atoms with van der Waals surface area (Å²) < 4.78 is 21.2. The van der Waals surface area contributed by atoms with Gasteiger partial charge in [-0.2, -0.15) is 0 Å². The van der Waals surface area contributed by atoms with E-state index in [9.17, 15) is 8.42 Å². The summed E-state index contributed by atoms with van der Waals surface area (Å²) in [5.74, 6) is 0.616. The maximum atomic E-state index is 10.6. The van der Waals surface area contributed by atoms with Gasteiger partial charge in [-0.3, -0.25) is 0 Å². The first kappa shape index (κ1) is 11.9. The molecule has 2 N–H and O–H groups in total. The van der Waals surface area contributed by atoms with Crippen molar-refractivity contribution in [2.45, 2.75) is 44.9 Å². The largest absolute Gasteiger partial charge is 0.313 e. The van der Waals surface area contributed by atoms with Crippen LogP contribution in [-0.2, 0) is 10.7 Å². The van der Waals surface area contributed by atoms with Crippen molar-refractivity contribution in [2.75, 3.05) is 0 Å². The highest BCUT2D eigenvalue weighted by atomic mass is 32.2. The Morgan fingerprint density at radius 2 is 1.92 bits per heavy atom. The van der Waals surface area contributed by atoms with Crippen LogP contribution >= 0.6 is 0 Å². The molecule has 0 amide bonds. The first-order valence-electron chi connectivity index (χ1n) is 4.29. The first-order chi connectivity index (χ1) is 5.36. The van der Waals surface area contributed by atoms with Crippen LogP contribution in [0.25, 0.3) is 0 Å². The van der Waals surface area contributed by atoms with Crippen LogP contribution in [-0.4, -0.2) is 13.3 Å². The molecule has 0 bridgehead atoms. The zero-order valence-electron chi connectivity index (χ0n) is 8.04. The minimum Gasteiger partial charge on any atom is -0.313 e. The molecular formula is C8H19NO2S. The Hall–Kier alpha value is -0.0900. The molecule has 12 heavy (non-hydrogen) atoms. The molecule has 4 heteroatoms. The van der Waals surface area contributed by atoms with Gasteiger partial charge in [-0.05, 0) is 19.3 Å². The molecule has 0 saturated carbocycles. The van der Waals surface area contributed by atoms with Gasteiger partial charge < -0.3 is 5.73 Å². The molecule has 0 aromatic heterocycles. The third-order valence-electron chi connectivity index (χ3n) is 1.88. The molecule has 0 heterocycles. The standard InChI is InChI=1S/C8H19NO2S/c1-7(2)5-4-6-8(3,9)12(10)11/h7,12H,4-6,9H2,1-3H3. The van der Waals surface area contributed by atoms with Crippen LogP contribution in [0, 0.1) is 5.92 Å². The van der Waals surface area contributed by atoms with Gasteiger partial charge in [0.15, 0.2) is 10.7 Å². The monoisotopic (exact) mass is 193 g/mol. The van der Waals surface area contributed by atoms with Crippen LogP contribution in [0.4, 0.5) is 0 Å². The average molecular weight is 193 g/mol. The van der Waals surface area contributed by atoms with Crippen LogP contribution in [0.15, 0.2) is 0 Å². The predicted molar refractivity (Wildman–Crippen MR) is 51.6 cm³/mol. The highest BCUT2D eigenvalue weighted by molar-refractivity contribution is 7.73. The summed E-state index contributed by atoms with van der Waals surface area (Å²) >= 11 is 0. The molecule has 1 atom stereocenters. The van der Waals surface area contributed by atoms with Gasteiger partial charge in [-0.15, -0.1) is 0 Å². The van der Waals surface area contributed by atoms with Crippen molar-refractivity contribution < 1.29 is 8.42 Å². The molecular weight excluding hydrogens is 174 g/mol. The lowest BCUT2D eigenvalue weighted by Crippen LogP contribution is -2.37. The van der Waals surface area contributed by atoms with E-state index in [0.29, 0.717) is 12.3 Å². The Kier molecular flexibility index (Phi) is 4.78. The highest BCUT2D eigenvalue weighted by Crippen LogP contribution is 2.14. The first-order valence-corrected chi connectivity index (χ1v) is 5.47. The number of nitrogens with two attached hydrogens (primary N) is 1. The van der Waals surface area contributed by atoms with Gasteiger partial charge in [0.25, 0.3) is 0 Å². The van der Waals surface area contributed by atoms with Crippen molar-refractivity contribution in [3.63, 3.8) is 0 Å². The van der Waals surface area contributed by atoms with Crippen molar-refractivity contribution in [1.82, 2.24) is 0 Å². The number of thiol groups is 1. The van der Waals surface area contributed by atoms with E-state index >= 15 is 0 Å². The molecule has 0 saturated heterocycles. The fourth-order valence-electron chi connectivity index (χ4n) is 0.959. The Balaban J connectivity index is 3.77. The van der Waals surface area contributed by atoms with E-state index < -0.39 is 15.6 Å². The normalized spacial score (nSPS) is 16.8. The lowest BCUT2D eigenvalue weighted by Gasteiger charge is -2.17. The van der Waals surface area contributed by atoms with E-state index in [1.165, 1.54) is 0 Å². The third kappa shape index (κ3) is 4.72. The Morgan fingerprint density at radius 1 is 1.42 bits per heavy atom. The van der Waals surface area contributed by atoms with E-state index in [1.807, 2.05) is 0 Å². The lowest BCUT2D eigenvalue weighted by atomic mass is 10.0.